The van der Waals surface area contributed by atoms with Gasteiger partial charge in [-0.05, 0) is 0 Å². The van der Waals surface area contributed by atoms with E-state index in [4.69, 9.17) is 0 Å². The molecular weight excluding hydrogens is 2510 g/mol. The number of rotatable bonds is 24. The molecule has 0 heterocycles. The average Bonchev–Trinajstić information content (AvgIpc) is 3.19. The summed E-state index contributed by atoms with van der Waals surface area (Å²) in [5.74, 6) is 0. The van der Waals surface area contributed by atoms with Crippen LogP contribution in [0.15, 0.2) is 0 Å². The van der Waals surface area contributed by atoms with Crippen LogP contribution in [0.4, 0.5) is 0 Å². The number of hydrogen-bond acceptors (Lipinski definition) is 0. The summed E-state index contributed by atoms with van der Waals surface area (Å²) in [6.45, 7) is 83.9. The fourth-order valence-electron chi connectivity index (χ4n) is 14.3. The van der Waals surface area contributed by atoms with Crippen LogP contribution in [-0.2, 0) is 0 Å². The van der Waals surface area contributed by atoms with Crippen LogP contribution in [-0.4, -0.2) is 237 Å². The molecule has 0 aromatic heterocycles. The summed E-state index contributed by atoms with van der Waals surface area (Å²) in [4.78, 5) is 0. The Balaban J connectivity index is -0.000000181. The van der Waals surface area contributed by atoms with Crippen molar-refractivity contribution < 1.29 is 0 Å². The summed E-state index contributed by atoms with van der Waals surface area (Å²) in [5.41, 5.74) is 18.2. The first-order valence-corrected chi connectivity index (χ1v) is 118. The molecule has 0 unspecified atom stereocenters. The molecule has 0 rings (SSSR count). The van der Waals surface area contributed by atoms with E-state index in [-0.39, 0.29) is 0 Å². The second-order valence-corrected chi connectivity index (χ2v) is 179. The van der Waals surface area contributed by atoms with E-state index in [0.717, 1.165) is 162 Å². The predicted octanol–water partition coefficient (Wildman–Crippen LogP) is 17.7. The van der Waals surface area contributed by atoms with Crippen molar-refractivity contribution in [2.24, 2.45) is 0 Å². The third kappa shape index (κ3) is 27.1. The standard InChI is InChI=1S/6C9H21AsSi.6Pb/c6*1-7(2)11(10,8(3)4)9(5)6;;;;;;/h6*7-9H,1-6H3;;;;;;. The molecule has 0 bridgehead atoms. The molecule has 0 spiro atoms. The van der Waals surface area contributed by atoms with Gasteiger partial charge in [0.1, 0.15) is 0 Å². The summed E-state index contributed by atoms with van der Waals surface area (Å²) in [7, 11) is 4.53. The molecule has 18 heteroatoms. The van der Waals surface area contributed by atoms with Crippen LogP contribution in [0.2, 0.25) is 99.7 Å². The van der Waals surface area contributed by atoms with Gasteiger partial charge in [-0.25, -0.2) is 0 Å². The minimum atomic E-state index is -0.846. The van der Waals surface area contributed by atoms with Crippen molar-refractivity contribution >= 4 is 237 Å². The third-order valence-electron chi connectivity index (χ3n) is 17.8. The van der Waals surface area contributed by atoms with E-state index in [9.17, 15) is 0 Å². The zero-order chi connectivity index (χ0) is 59.6. The molecule has 0 aromatic rings. The normalized spacial score (nSPS) is 13.8. The Morgan fingerprint density at radius 1 is 0.139 bits per heavy atom. The summed E-state index contributed by atoms with van der Waals surface area (Å²) in [6, 6.07) is 0. The van der Waals surface area contributed by atoms with Crippen LogP contribution in [0, 0.1) is 0 Å². The molecule has 0 aliphatic carbocycles. The minimum absolute atomic E-state index is 0.755. The van der Waals surface area contributed by atoms with Crippen LogP contribution in [0.5, 0.6) is 0 Å². The first-order chi connectivity index (χ1) is 32.3. The molecule has 0 aliphatic rings. The Morgan fingerprint density at radius 3 is 0.181 bits per heavy atom. The van der Waals surface area contributed by atoms with Gasteiger partial charge in [-0.15, -0.1) is 0 Å². The SMILES string of the molecule is CC(C)[Si]([As]=[Pb])(C(C)C)C(C)C.CC(C)[Si]([As]=[Pb])(C(C)C)C(C)C.CC(C)[Si]([As]=[Pb])(C(C)C)C(C)C.CC(C)[Si]([As]=[Pb])(C(C)C)C(C)C.CC(C)[Si]([As]=[Pb])(C(C)C)C(C)C.CC(C)[Si]([As]=[Pb])(C(C)C)C(C)C. The first kappa shape index (κ1) is 93.3. The van der Waals surface area contributed by atoms with Gasteiger partial charge in [0.15, 0.2) is 0 Å². The Kier molecular flexibility index (Phi) is 60.0. The molecule has 0 aliphatic heterocycles. The molecule has 0 saturated heterocycles. The van der Waals surface area contributed by atoms with E-state index in [2.05, 4.69) is 249 Å². The summed E-state index contributed by atoms with van der Waals surface area (Å²) in [5, 5.41) is 0. The van der Waals surface area contributed by atoms with Crippen molar-refractivity contribution in [3.8, 4) is 0 Å². The molecule has 420 valence electrons. The van der Waals surface area contributed by atoms with Gasteiger partial charge in [-0.3, -0.25) is 0 Å². The average molecular weight is 2640 g/mol. The third-order valence-corrected chi connectivity index (χ3v) is 267. The van der Waals surface area contributed by atoms with Crippen molar-refractivity contribution in [1.82, 2.24) is 0 Å². The van der Waals surface area contributed by atoms with E-state index in [1.807, 2.05) is 0 Å². The van der Waals surface area contributed by atoms with Crippen molar-refractivity contribution in [3.63, 3.8) is 0 Å². The fourth-order valence-corrected chi connectivity index (χ4v) is 354. The van der Waals surface area contributed by atoms with E-state index in [1.54, 1.807) is 0 Å². The Hall–Kier alpha value is 10.2. The molecule has 0 saturated carbocycles. The van der Waals surface area contributed by atoms with Gasteiger partial charge in [0.25, 0.3) is 0 Å². The molecule has 12 radical (unpaired) electrons. The second-order valence-electron chi connectivity index (χ2n) is 26.8. The zero-order valence-electron chi connectivity index (χ0n) is 55.1. The molecule has 0 aromatic carbocycles. The van der Waals surface area contributed by atoms with Gasteiger partial charge in [0, 0.05) is 0 Å². The molecule has 0 N–H and O–H groups in total. The Bertz CT molecular complexity index is 1080. The molecular formula is C54H126As6Pb6Si6. The quantitative estimate of drug-likeness (QED) is 0.0845. The van der Waals surface area contributed by atoms with Crippen LogP contribution < -0.4 is 0 Å². The van der Waals surface area contributed by atoms with Gasteiger partial charge in [-0.2, -0.15) is 0 Å². The van der Waals surface area contributed by atoms with Crippen LogP contribution in [0.3, 0.4) is 0 Å². The van der Waals surface area contributed by atoms with Crippen LogP contribution in [0.1, 0.15) is 249 Å². The maximum atomic E-state index is 2.47. The fraction of sp³-hybridized carbons (Fsp3) is 1.00. The van der Waals surface area contributed by atoms with E-state index < -0.39 is 39.2 Å². The predicted molar refractivity (Wildman–Crippen MR) is 375 cm³/mol. The Labute approximate surface area is 574 Å². The Morgan fingerprint density at radius 2 is 0.181 bits per heavy atom. The van der Waals surface area contributed by atoms with Crippen molar-refractivity contribution in [1.29, 1.82) is 0 Å². The topological polar surface area (TPSA) is 0 Å². The van der Waals surface area contributed by atoms with Gasteiger partial charge in [0.2, 0.25) is 0 Å². The van der Waals surface area contributed by atoms with Crippen molar-refractivity contribution in [2.45, 2.75) is 349 Å². The van der Waals surface area contributed by atoms with Crippen molar-refractivity contribution in [2.75, 3.05) is 0 Å². The van der Waals surface area contributed by atoms with Gasteiger partial charge >= 0.3 is 586 Å². The van der Waals surface area contributed by atoms with E-state index >= 15 is 0 Å². The van der Waals surface area contributed by atoms with Crippen molar-refractivity contribution in [3.05, 3.63) is 0 Å². The van der Waals surface area contributed by atoms with Crippen LogP contribution >= 0.6 is 0 Å². The summed E-state index contributed by atoms with van der Waals surface area (Å²) in [6.07, 6.45) is 0. The van der Waals surface area contributed by atoms with Gasteiger partial charge in [-0.1, -0.05) is 0 Å². The maximum absolute atomic E-state index is 2.47. The van der Waals surface area contributed by atoms with Gasteiger partial charge < -0.3 is 0 Å². The second kappa shape index (κ2) is 46.3. The molecule has 0 atom stereocenters. The van der Waals surface area contributed by atoms with Crippen LogP contribution in [0.25, 0.3) is 0 Å². The first-order valence-electron chi connectivity index (χ1n) is 28.7. The van der Waals surface area contributed by atoms with Gasteiger partial charge in [0.05, 0.1) is 0 Å². The molecule has 0 nitrogen and oxygen atoms in total. The van der Waals surface area contributed by atoms with E-state index in [1.165, 1.54) is 135 Å². The molecule has 72 heavy (non-hydrogen) atoms. The van der Waals surface area contributed by atoms with E-state index in [0.29, 0.717) is 0 Å². The molecule has 0 amide bonds. The monoisotopic (exact) mass is 2640 g/mol. The molecule has 0 fully saturated rings. The summed E-state index contributed by atoms with van der Waals surface area (Å²) < 4.78 is 0. The summed E-state index contributed by atoms with van der Waals surface area (Å²) >= 11 is 8.97. The number of hydrogen-bond donors (Lipinski definition) is 0. The zero-order valence-corrected chi connectivity index (χ0v) is 95.7.